The van der Waals surface area contributed by atoms with Gasteiger partial charge in [-0.05, 0) is 38.0 Å². The van der Waals surface area contributed by atoms with Crippen molar-refractivity contribution < 1.29 is 14.2 Å². The number of rotatable bonds is 7. The molecule has 182 valence electrons. The molecule has 1 saturated heterocycles. The summed E-state index contributed by atoms with van der Waals surface area (Å²) in [4.78, 5) is 10.5. The van der Waals surface area contributed by atoms with E-state index in [0.29, 0.717) is 52.1 Å². The molecule has 12 heteroatoms. The van der Waals surface area contributed by atoms with Crippen molar-refractivity contribution >= 4 is 28.5 Å². The van der Waals surface area contributed by atoms with Crippen molar-refractivity contribution in [2.75, 3.05) is 19.7 Å². The van der Waals surface area contributed by atoms with Crippen LogP contribution < -0.4 is 10.6 Å². The Morgan fingerprint density at radius 3 is 2.80 bits per heavy atom. The molecule has 1 unspecified atom stereocenters. The van der Waals surface area contributed by atoms with Crippen LogP contribution in [0.5, 0.6) is 5.75 Å². The fourth-order valence-electron chi connectivity index (χ4n) is 4.00. The number of piperidine rings is 1. The van der Waals surface area contributed by atoms with Gasteiger partial charge in [0.2, 0.25) is 0 Å². The molecule has 0 amide bonds. The monoisotopic (exact) mass is 498 g/mol. The highest BCUT2D eigenvalue weighted by atomic mass is 35.5. The lowest BCUT2D eigenvalue weighted by atomic mass is 10.0. The van der Waals surface area contributed by atoms with Crippen LogP contribution in [0.3, 0.4) is 0 Å². The second kappa shape index (κ2) is 10.7. The van der Waals surface area contributed by atoms with Gasteiger partial charge in [-0.25, -0.2) is 8.91 Å². The quantitative estimate of drug-likeness (QED) is 0.221. The molecule has 0 aliphatic carbocycles. The molecule has 35 heavy (non-hydrogen) atoms. The zero-order valence-corrected chi connectivity index (χ0v) is 19.7. The number of pyridine rings is 2. The number of hydrogen-bond donors (Lipinski definition) is 2. The smallest absolute Gasteiger partial charge is 0.179 e. The van der Waals surface area contributed by atoms with Crippen LogP contribution in [-0.4, -0.2) is 61.8 Å². The maximum absolute atomic E-state index is 13.3. The molecular formula is C23H24ClFN8O2. The number of nitrogens with zero attached hydrogens (tertiary/aromatic N) is 7. The van der Waals surface area contributed by atoms with Crippen molar-refractivity contribution in [1.82, 2.24) is 19.5 Å². The molecule has 3 aromatic rings. The summed E-state index contributed by atoms with van der Waals surface area (Å²) in [6, 6.07) is 4.43. The maximum Gasteiger partial charge on any atom is 0.179 e. The molecule has 3 aromatic heterocycles. The summed E-state index contributed by atoms with van der Waals surface area (Å²) in [5, 5.41) is 27.6. The standard InChI is InChI=1S/C23H24ClFN8O2/c1-14(30-17-4-6-32(13-26)7-5-17)22(31-27)15-8-20(23-18(24)10-29-33(23)11-15)35-21(12-34)19-3-2-16(25)9-28-19/h2-3,8-11,17,21,34H,4-7,12,27H2,1H3/b30-14?,31-22+. The third-order valence-corrected chi connectivity index (χ3v) is 6.05. The zero-order chi connectivity index (χ0) is 24.9. The van der Waals surface area contributed by atoms with Crippen LogP contribution in [0.1, 0.15) is 37.1 Å². The fourth-order valence-corrected chi connectivity index (χ4v) is 4.22. The number of aliphatic hydroxyl groups is 1. The van der Waals surface area contributed by atoms with Crippen LogP contribution in [0.2, 0.25) is 5.02 Å². The van der Waals surface area contributed by atoms with Gasteiger partial charge in [-0.15, -0.1) is 0 Å². The van der Waals surface area contributed by atoms with Crippen molar-refractivity contribution in [3.63, 3.8) is 0 Å². The van der Waals surface area contributed by atoms with E-state index in [1.807, 2.05) is 6.92 Å². The number of halogens is 2. The molecule has 0 saturated carbocycles. The van der Waals surface area contributed by atoms with E-state index in [0.717, 1.165) is 19.0 Å². The first-order valence-corrected chi connectivity index (χ1v) is 11.3. The number of aliphatic imine (C=N–C) groups is 1. The fraction of sp³-hybridized carbons (Fsp3) is 0.348. The van der Waals surface area contributed by atoms with Crippen LogP contribution >= 0.6 is 11.6 Å². The number of nitrogens with two attached hydrogens (primary N) is 1. The average molecular weight is 499 g/mol. The van der Waals surface area contributed by atoms with Crippen molar-refractivity contribution in [2.45, 2.75) is 31.9 Å². The number of ether oxygens (including phenoxy) is 1. The lowest BCUT2D eigenvalue weighted by Gasteiger charge is -2.26. The van der Waals surface area contributed by atoms with E-state index >= 15 is 0 Å². The van der Waals surface area contributed by atoms with E-state index < -0.39 is 18.5 Å². The molecule has 0 spiro atoms. The Balaban J connectivity index is 1.67. The van der Waals surface area contributed by atoms with E-state index in [9.17, 15) is 9.50 Å². The minimum Gasteiger partial charge on any atom is -0.479 e. The highest BCUT2D eigenvalue weighted by Gasteiger charge is 2.22. The lowest BCUT2D eigenvalue weighted by molar-refractivity contribution is 0.114. The predicted molar refractivity (Wildman–Crippen MR) is 129 cm³/mol. The molecule has 4 rings (SSSR count). The minimum absolute atomic E-state index is 0.0540. The predicted octanol–water partition coefficient (Wildman–Crippen LogP) is 2.70. The normalized spacial score (nSPS) is 16.4. The third-order valence-electron chi connectivity index (χ3n) is 5.77. The summed E-state index contributed by atoms with van der Waals surface area (Å²) in [6.07, 6.45) is 7.04. The molecule has 1 aliphatic heterocycles. The number of likely N-dealkylation sites (tertiary alicyclic amines) is 1. The molecule has 10 nitrogen and oxygen atoms in total. The first-order chi connectivity index (χ1) is 16.9. The number of nitriles is 1. The highest BCUT2D eigenvalue weighted by Crippen LogP contribution is 2.32. The van der Waals surface area contributed by atoms with Gasteiger partial charge in [0.25, 0.3) is 0 Å². The van der Waals surface area contributed by atoms with Crippen molar-refractivity contribution in [1.29, 1.82) is 5.26 Å². The maximum atomic E-state index is 13.3. The van der Waals surface area contributed by atoms with E-state index in [1.54, 1.807) is 17.2 Å². The van der Waals surface area contributed by atoms with E-state index in [2.05, 4.69) is 21.4 Å². The zero-order valence-electron chi connectivity index (χ0n) is 19.0. The number of fused-ring (bicyclic) bond motifs is 1. The number of aromatic nitrogens is 3. The summed E-state index contributed by atoms with van der Waals surface area (Å²) in [7, 11) is 0. The minimum atomic E-state index is -0.876. The van der Waals surface area contributed by atoms with Gasteiger partial charge in [0.05, 0.1) is 41.5 Å². The van der Waals surface area contributed by atoms with Gasteiger partial charge in [0.15, 0.2) is 12.3 Å². The van der Waals surface area contributed by atoms with Gasteiger partial charge in [0.1, 0.15) is 22.8 Å². The average Bonchev–Trinajstić information content (AvgIpc) is 3.24. The Kier molecular flexibility index (Phi) is 7.43. The second-order valence-corrected chi connectivity index (χ2v) is 8.49. The molecule has 4 heterocycles. The van der Waals surface area contributed by atoms with Crippen molar-refractivity contribution in [3.05, 3.63) is 58.9 Å². The van der Waals surface area contributed by atoms with Gasteiger partial charge in [0, 0.05) is 24.8 Å². The largest absolute Gasteiger partial charge is 0.479 e. The summed E-state index contributed by atoms with van der Waals surface area (Å²) in [5.74, 6) is 5.58. The van der Waals surface area contributed by atoms with Gasteiger partial charge in [-0.2, -0.15) is 15.5 Å². The van der Waals surface area contributed by atoms with Crippen LogP contribution in [-0.2, 0) is 0 Å². The molecule has 0 radical (unpaired) electrons. The molecule has 1 aliphatic rings. The van der Waals surface area contributed by atoms with Gasteiger partial charge in [-0.3, -0.25) is 9.98 Å². The van der Waals surface area contributed by atoms with Gasteiger partial charge in [-0.1, -0.05) is 11.6 Å². The summed E-state index contributed by atoms with van der Waals surface area (Å²) >= 11 is 6.36. The molecule has 0 bridgehead atoms. The van der Waals surface area contributed by atoms with E-state index in [4.69, 9.17) is 32.4 Å². The third kappa shape index (κ3) is 5.34. The van der Waals surface area contributed by atoms with Crippen molar-refractivity contribution in [3.8, 4) is 11.9 Å². The second-order valence-electron chi connectivity index (χ2n) is 8.08. The van der Waals surface area contributed by atoms with Gasteiger partial charge >= 0.3 is 0 Å². The molecular weight excluding hydrogens is 475 g/mol. The van der Waals surface area contributed by atoms with Crippen LogP contribution in [0, 0.1) is 17.3 Å². The van der Waals surface area contributed by atoms with Gasteiger partial charge < -0.3 is 20.6 Å². The summed E-state index contributed by atoms with van der Waals surface area (Å²) in [6.45, 7) is 2.73. The van der Waals surface area contributed by atoms with Crippen LogP contribution in [0.25, 0.3) is 5.52 Å². The van der Waals surface area contributed by atoms with E-state index in [-0.39, 0.29) is 6.04 Å². The van der Waals surface area contributed by atoms with Crippen molar-refractivity contribution in [2.24, 2.45) is 15.9 Å². The molecule has 0 aromatic carbocycles. The summed E-state index contributed by atoms with van der Waals surface area (Å²) < 4.78 is 20.9. The van der Waals surface area contributed by atoms with E-state index in [1.165, 1.54) is 22.8 Å². The Hall–Kier alpha value is -3.75. The first-order valence-electron chi connectivity index (χ1n) is 11.0. The first kappa shape index (κ1) is 24.4. The Morgan fingerprint density at radius 1 is 1.40 bits per heavy atom. The topological polar surface area (TPSA) is 137 Å². The molecule has 1 atom stereocenters. The lowest BCUT2D eigenvalue weighted by Crippen LogP contribution is -2.32. The SMILES string of the molecule is CC(=NC1CCN(C#N)CC1)/C(=N\N)c1cc(OC(CO)c2ccc(F)cn2)c2c(Cl)cnn2c1. The molecule has 3 N–H and O–H groups in total. The molecule has 1 fully saturated rings. The Bertz CT molecular complexity index is 1290. The number of hydrogen-bond acceptors (Lipinski definition) is 9. The Morgan fingerprint density at radius 2 is 2.17 bits per heavy atom. The van der Waals surface area contributed by atoms with Crippen LogP contribution in [0.4, 0.5) is 4.39 Å². The number of hydrazone groups is 1. The Labute approximate surface area is 206 Å². The summed E-state index contributed by atoms with van der Waals surface area (Å²) in [5.41, 5.74) is 2.47. The van der Waals surface area contributed by atoms with Crippen LogP contribution in [0.15, 0.2) is 46.9 Å². The number of aliphatic hydroxyl groups excluding tert-OH is 1. The highest BCUT2D eigenvalue weighted by molar-refractivity contribution is 6.47.